The van der Waals surface area contributed by atoms with Crippen LogP contribution in [0.3, 0.4) is 0 Å². The van der Waals surface area contributed by atoms with Crippen molar-refractivity contribution in [1.82, 2.24) is 25.3 Å². The second-order valence-corrected chi connectivity index (χ2v) is 31.9. The molecule has 0 amide bonds. The number of nitrogens with one attached hydrogen (secondary N) is 2. The van der Waals surface area contributed by atoms with Crippen molar-refractivity contribution >= 4 is 0 Å². The highest BCUT2D eigenvalue weighted by Crippen LogP contribution is 2.65. The summed E-state index contributed by atoms with van der Waals surface area (Å²) in [7, 11) is 0. The first kappa shape index (κ1) is 53.0. The molecule has 0 bridgehead atoms. The Hall–Kier alpha value is -0.710. The Balaban J connectivity index is 0.764. The van der Waals surface area contributed by atoms with E-state index >= 15 is 0 Å². The molecule has 0 spiro atoms. The highest BCUT2D eigenvalue weighted by atomic mass is 15.3. The molecule has 15 aliphatic rings. The van der Waals surface area contributed by atoms with Crippen molar-refractivity contribution in [1.29, 1.82) is 5.26 Å². The molecule has 430 valence electrons. The van der Waals surface area contributed by atoms with Gasteiger partial charge in [-0.05, 0) is 301 Å². The molecule has 6 nitrogen and oxygen atoms in total. The minimum absolute atomic E-state index is 0.276. The topological polar surface area (TPSA) is 57.6 Å². The first-order valence-corrected chi connectivity index (χ1v) is 36.3. The van der Waals surface area contributed by atoms with Crippen molar-refractivity contribution < 1.29 is 0 Å². The van der Waals surface area contributed by atoms with Gasteiger partial charge >= 0.3 is 0 Å². The van der Waals surface area contributed by atoms with Gasteiger partial charge in [-0.1, -0.05) is 77.0 Å². The third kappa shape index (κ3) is 9.60. The van der Waals surface area contributed by atoms with Crippen molar-refractivity contribution in [3.63, 3.8) is 0 Å². The summed E-state index contributed by atoms with van der Waals surface area (Å²) in [6, 6.07) is 11.5. The SMILES string of the molecule is N#CC1C(C2CCC(N3C4CCCCC4C4CCCCC43)CC2)C(C2CCNCC2)C(C2CCNCC2)C(C2CCC(N3C4CCCCC4C4CCCCC43)CC2)C1C1CCC(N2C3CCCCC3C3CCCCC32)CC1. The van der Waals surface area contributed by atoms with E-state index in [9.17, 15) is 5.26 Å². The molecule has 6 heteroatoms. The van der Waals surface area contributed by atoms with Gasteiger partial charge in [0, 0.05) is 54.4 Å². The summed E-state index contributed by atoms with van der Waals surface area (Å²) < 4.78 is 0. The first-order valence-electron chi connectivity index (χ1n) is 36.3. The fraction of sp³-hybridized carbons (Fsp3) is 0.986. The van der Waals surface area contributed by atoms with Gasteiger partial charge < -0.3 is 10.6 Å². The lowest BCUT2D eigenvalue weighted by Crippen LogP contribution is -2.59. The Morgan fingerprint density at radius 1 is 0.247 bits per heavy atom. The number of piperidine rings is 2. The van der Waals surface area contributed by atoms with Crippen LogP contribution in [-0.4, -0.2) is 95.3 Å². The summed E-state index contributed by atoms with van der Waals surface area (Å²) >= 11 is 0. The average Bonchev–Trinajstić information content (AvgIpc) is 4.23. The second kappa shape index (κ2) is 23.4. The van der Waals surface area contributed by atoms with Gasteiger partial charge in [0.1, 0.15) is 0 Å². The summed E-state index contributed by atoms with van der Waals surface area (Å²) in [5, 5.41) is 20.5. The Morgan fingerprint density at radius 2 is 0.468 bits per heavy atom. The number of hydrogen-bond donors (Lipinski definition) is 2. The maximum Gasteiger partial charge on any atom is 0.0662 e. The minimum Gasteiger partial charge on any atom is -0.317 e. The van der Waals surface area contributed by atoms with E-state index in [0.717, 1.165) is 137 Å². The molecule has 5 aliphatic heterocycles. The zero-order valence-electron chi connectivity index (χ0n) is 49.4. The van der Waals surface area contributed by atoms with Gasteiger partial charge in [0.2, 0.25) is 0 Å². The van der Waals surface area contributed by atoms with E-state index in [1.165, 1.54) is 270 Å². The zero-order valence-corrected chi connectivity index (χ0v) is 49.4. The summed E-state index contributed by atoms with van der Waals surface area (Å²) in [5.41, 5.74) is 0. The highest BCUT2D eigenvalue weighted by Gasteiger charge is 2.62. The smallest absolute Gasteiger partial charge is 0.0662 e. The summed E-state index contributed by atoms with van der Waals surface area (Å²) in [4.78, 5) is 9.95. The summed E-state index contributed by atoms with van der Waals surface area (Å²) in [6.07, 6.45) is 59.3. The van der Waals surface area contributed by atoms with E-state index < -0.39 is 0 Å². The molecule has 2 N–H and O–H groups in total. The monoisotopic (exact) mass is 1050 g/mol. The standard InChI is InChI=1S/C71H116N6/c72-45-60-67(46-25-31-51(32-26-46)75-61-19-7-1-13-54(61)55-14-2-8-20-62(55)75)69(48-29-35-53(36-30-48)77-65-23-11-5-17-58(65)59-18-6-12-24-66(59)77)71(50-39-43-74-44-40-50)70(49-37-41-73-42-38-49)68(60)47-27-33-52(34-28-47)76-63-21-9-3-15-56(63)57-16-4-10-22-64(57)76/h46-71,73-74H,1-44H2. The molecule has 5 heterocycles. The van der Waals surface area contributed by atoms with Crippen molar-refractivity contribution in [3.05, 3.63) is 0 Å². The van der Waals surface area contributed by atoms with E-state index in [0.29, 0.717) is 11.8 Å². The lowest BCUT2D eigenvalue weighted by molar-refractivity contribution is -0.138. The molecule has 0 aromatic rings. The molecule has 15 rings (SSSR count). The Morgan fingerprint density at radius 3 is 0.727 bits per heavy atom. The molecule has 15 fully saturated rings. The molecule has 77 heavy (non-hydrogen) atoms. The quantitative estimate of drug-likeness (QED) is 0.253. The average molecular weight is 1050 g/mol. The zero-order chi connectivity index (χ0) is 51.0. The number of nitrogens with zero attached hydrogens (tertiary/aromatic N) is 4. The third-order valence-electron chi connectivity index (χ3n) is 29.4. The van der Waals surface area contributed by atoms with E-state index in [2.05, 4.69) is 31.4 Å². The van der Waals surface area contributed by atoms with Crippen LogP contribution in [0.1, 0.15) is 257 Å². The third-order valence-corrected chi connectivity index (χ3v) is 29.4. The van der Waals surface area contributed by atoms with Gasteiger partial charge in [-0.25, -0.2) is 0 Å². The van der Waals surface area contributed by atoms with Gasteiger partial charge in [-0.15, -0.1) is 0 Å². The van der Waals surface area contributed by atoms with E-state index in [1.807, 2.05) is 0 Å². The fourth-order valence-electron chi connectivity index (χ4n) is 27.0. The second-order valence-electron chi connectivity index (χ2n) is 31.9. The van der Waals surface area contributed by atoms with Crippen molar-refractivity contribution in [2.75, 3.05) is 26.2 Å². The number of likely N-dealkylation sites (tertiary alicyclic amines) is 3. The lowest BCUT2D eigenvalue weighted by atomic mass is 9.43. The predicted molar refractivity (Wildman–Crippen MR) is 315 cm³/mol. The predicted octanol–water partition coefficient (Wildman–Crippen LogP) is 15.2. The van der Waals surface area contributed by atoms with Crippen LogP contribution >= 0.6 is 0 Å². The maximum absolute atomic E-state index is 12.6. The molecule has 0 aromatic carbocycles. The maximum atomic E-state index is 12.6. The molecule has 0 radical (unpaired) electrons. The normalized spacial score (nSPS) is 51.6. The van der Waals surface area contributed by atoms with Crippen LogP contribution in [0.4, 0.5) is 0 Å². The molecular formula is C71H116N6. The molecular weight excluding hydrogens is 937 g/mol. The van der Waals surface area contributed by atoms with Gasteiger partial charge in [-0.3, -0.25) is 14.7 Å². The van der Waals surface area contributed by atoms with Crippen LogP contribution in [0, 0.1) is 112 Å². The Bertz CT molecular complexity index is 1900. The molecule has 18 atom stereocenters. The lowest BCUT2D eigenvalue weighted by Gasteiger charge is -2.62. The Kier molecular flexibility index (Phi) is 16.1. The largest absolute Gasteiger partial charge is 0.317 e. The molecule has 10 saturated carbocycles. The van der Waals surface area contributed by atoms with Crippen LogP contribution < -0.4 is 10.6 Å². The Labute approximate surface area is 472 Å². The fourth-order valence-corrected chi connectivity index (χ4v) is 27.0. The van der Waals surface area contributed by atoms with Crippen molar-refractivity contribution in [2.24, 2.45) is 101 Å². The molecule has 5 saturated heterocycles. The number of nitriles is 1. The van der Waals surface area contributed by atoms with Gasteiger partial charge in [-0.2, -0.15) is 5.26 Å². The van der Waals surface area contributed by atoms with E-state index in [-0.39, 0.29) is 5.92 Å². The van der Waals surface area contributed by atoms with Crippen LogP contribution in [0.2, 0.25) is 0 Å². The first-order chi connectivity index (χ1) is 38.2. The summed E-state index contributed by atoms with van der Waals surface area (Å²) in [6.45, 7) is 4.93. The van der Waals surface area contributed by atoms with E-state index in [4.69, 9.17) is 0 Å². The van der Waals surface area contributed by atoms with Crippen molar-refractivity contribution in [2.45, 2.75) is 311 Å². The molecule has 10 aliphatic carbocycles. The van der Waals surface area contributed by atoms with Crippen LogP contribution in [0.15, 0.2) is 0 Å². The highest BCUT2D eigenvalue weighted by molar-refractivity contribution is 5.15. The minimum atomic E-state index is 0.276. The number of fused-ring (bicyclic) bond motifs is 9. The molecule has 18 unspecified atom stereocenters. The van der Waals surface area contributed by atoms with Crippen molar-refractivity contribution in [3.8, 4) is 6.07 Å². The number of hydrogen-bond acceptors (Lipinski definition) is 6. The number of rotatable bonds is 8. The van der Waals surface area contributed by atoms with E-state index in [1.54, 1.807) is 12.8 Å². The van der Waals surface area contributed by atoms with Gasteiger partial charge in [0.15, 0.2) is 0 Å². The van der Waals surface area contributed by atoms with Crippen LogP contribution in [0.5, 0.6) is 0 Å². The summed E-state index contributed by atoms with van der Waals surface area (Å²) in [5.74, 6) is 14.0. The van der Waals surface area contributed by atoms with Crippen LogP contribution in [0.25, 0.3) is 0 Å². The van der Waals surface area contributed by atoms with Gasteiger partial charge in [0.25, 0.3) is 0 Å². The van der Waals surface area contributed by atoms with Gasteiger partial charge in [0.05, 0.1) is 12.0 Å². The molecule has 0 aromatic heterocycles. The van der Waals surface area contributed by atoms with Crippen LogP contribution in [-0.2, 0) is 0 Å².